The van der Waals surface area contributed by atoms with Crippen LogP contribution >= 0.6 is 0 Å². The van der Waals surface area contributed by atoms with E-state index in [-0.39, 0.29) is 17.9 Å². The van der Waals surface area contributed by atoms with Gasteiger partial charge in [0.05, 0.1) is 6.04 Å². The molecule has 1 aromatic rings. The summed E-state index contributed by atoms with van der Waals surface area (Å²) in [5.41, 5.74) is 2.35. The fraction of sp³-hybridized carbons (Fsp3) is 0.250. The van der Waals surface area contributed by atoms with Gasteiger partial charge in [-0.2, -0.15) is 0 Å². The van der Waals surface area contributed by atoms with E-state index < -0.39 is 0 Å². The lowest BCUT2D eigenvalue weighted by molar-refractivity contribution is -0.138. The van der Waals surface area contributed by atoms with Gasteiger partial charge in [-0.25, -0.2) is 0 Å². The van der Waals surface area contributed by atoms with Gasteiger partial charge in [-0.3, -0.25) is 14.5 Å². The second-order valence-electron chi connectivity index (χ2n) is 4.90. The molecule has 0 saturated heterocycles. The van der Waals surface area contributed by atoms with Crippen molar-refractivity contribution in [3.05, 3.63) is 59.7 Å². The average molecular weight is 253 g/mol. The van der Waals surface area contributed by atoms with Crippen LogP contribution in [-0.2, 0) is 16.0 Å². The van der Waals surface area contributed by atoms with E-state index in [4.69, 9.17) is 0 Å². The summed E-state index contributed by atoms with van der Waals surface area (Å²) in [6, 6.07) is 9.87. The van der Waals surface area contributed by atoms with Crippen LogP contribution < -0.4 is 0 Å². The van der Waals surface area contributed by atoms with Crippen molar-refractivity contribution < 1.29 is 9.59 Å². The van der Waals surface area contributed by atoms with Crippen LogP contribution in [0, 0.1) is 0 Å². The highest BCUT2D eigenvalue weighted by Gasteiger charge is 2.34. The fourth-order valence-corrected chi connectivity index (χ4v) is 2.56. The SMILES string of the molecule is O=C1C=CC(=O)N1C(Cc1ccccc1)C1=CCC1. The lowest BCUT2D eigenvalue weighted by Crippen LogP contribution is -2.43. The van der Waals surface area contributed by atoms with Crippen LogP contribution in [0.4, 0.5) is 0 Å². The number of carbonyl (C=O) groups excluding carboxylic acids is 2. The summed E-state index contributed by atoms with van der Waals surface area (Å²) in [5.74, 6) is -0.391. The number of hydrogen-bond donors (Lipinski definition) is 0. The van der Waals surface area contributed by atoms with Crippen molar-refractivity contribution >= 4 is 11.8 Å². The Bertz CT molecular complexity index is 554. The summed E-state index contributed by atoms with van der Waals surface area (Å²) < 4.78 is 0. The molecule has 0 fully saturated rings. The van der Waals surface area contributed by atoms with Crippen LogP contribution in [0.2, 0.25) is 0 Å². The molecular formula is C16H15NO2. The second-order valence-corrected chi connectivity index (χ2v) is 4.90. The Hall–Kier alpha value is -2.16. The van der Waals surface area contributed by atoms with E-state index in [0.29, 0.717) is 6.42 Å². The minimum atomic E-state index is -0.196. The highest BCUT2D eigenvalue weighted by atomic mass is 16.2. The smallest absolute Gasteiger partial charge is 0.254 e. The first-order chi connectivity index (χ1) is 9.25. The number of allylic oxidation sites excluding steroid dienone is 1. The summed E-state index contributed by atoms with van der Waals surface area (Å²) >= 11 is 0. The molecule has 19 heavy (non-hydrogen) atoms. The van der Waals surface area contributed by atoms with E-state index in [9.17, 15) is 9.59 Å². The molecule has 1 aliphatic heterocycles. The molecule has 0 radical (unpaired) electrons. The van der Waals surface area contributed by atoms with Gasteiger partial charge in [0.2, 0.25) is 0 Å². The number of imide groups is 1. The van der Waals surface area contributed by atoms with E-state index in [1.54, 1.807) is 0 Å². The van der Waals surface area contributed by atoms with Crippen molar-refractivity contribution in [2.24, 2.45) is 0 Å². The summed E-state index contributed by atoms with van der Waals surface area (Å²) in [7, 11) is 0. The quantitative estimate of drug-likeness (QED) is 0.609. The third-order valence-corrected chi connectivity index (χ3v) is 3.69. The lowest BCUT2D eigenvalue weighted by Gasteiger charge is -2.32. The molecule has 1 heterocycles. The highest BCUT2D eigenvalue weighted by Crippen LogP contribution is 2.29. The molecule has 1 aliphatic carbocycles. The molecule has 0 spiro atoms. The Morgan fingerprint density at radius 2 is 1.68 bits per heavy atom. The largest absolute Gasteiger partial charge is 0.269 e. The molecule has 0 aromatic heterocycles. The maximum Gasteiger partial charge on any atom is 0.254 e. The molecule has 3 nitrogen and oxygen atoms in total. The summed E-state index contributed by atoms with van der Waals surface area (Å²) in [5, 5.41) is 0. The van der Waals surface area contributed by atoms with Crippen LogP contribution in [0.25, 0.3) is 0 Å². The van der Waals surface area contributed by atoms with E-state index in [1.165, 1.54) is 22.6 Å². The van der Waals surface area contributed by atoms with E-state index in [0.717, 1.165) is 18.4 Å². The molecule has 0 N–H and O–H groups in total. The predicted molar refractivity (Wildman–Crippen MR) is 72.2 cm³/mol. The van der Waals surface area contributed by atoms with Crippen molar-refractivity contribution in [3.8, 4) is 0 Å². The van der Waals surface area contributed by atoms with E-state index in [2.05, 4.69) is 6.08 Å². The minimum absolute atomic E-state index is 0.119. The van der Waals surface area contributed by atoms with Gasteiger partial charge < -0.3 is 0 Å². The van der Waals surface area contributed by atoms with Crippen LogP contribution in [0.5, 0.6) is 0 Å². The Kier molecular flexibility index (Phi) is 3.03. The molecule has 0 bridgehead atoms. The normalized spacial score (nSPS) is 19.4. The van der Waals surface area contributed by atoms with E-state index >= 15 is 0 Å². The van der Waals surface area contributed by atoms with Gasteiger partial charge in [0.15, 0.2) is 0 Å². The van der Waals surface area contributed by atoms with Crippen molar-refractivity contribution in [2.75, 3.05) is 0 Å². The lowest BCUT2D eigenvalue weighted by atomic mass is 9.87. The first-order valence-corrected chi connectivity index (χ1v) is 6.54. The predicted octanol–water partition coefficient (Wildman–Crippen LogP) is 2.24. The molecule has 1 unspecified atom stereocenters. The van der Waals surface area contributed by atoms with Gasteiger partial charge in [-0.15, -0.1) is 0 Å². The first-order valence-electron chi connectivity index (χ1n) is 6.54. The summed E-state index contributed by atoms with van der Waals surface area (Å²) in [4.78, 5) is 25.1. The number of hydrogen-bond acceptors (Lipinski definition) is 2. The van der Waals surface area contributed by atoms with Gasteiger partial charge >= 0.3 is 0 Å². The van der Waals surface area contributed by atoms with E-state index in [1.807, 2.05) is 30.3 Å². The third-order valence-electron chi connectivity index (χ3n) is 3.69. The molecule has 0 saturated carbocycles. The highest BCUT2D eigenvalue weighted by molar-refractivity contribution is 6.13. The molecule has 96 valence electrons. The van der Waals surface area contributed by atoms with Crippen molar-refractivity contribution in [1.82, 2.24) is 4.90 Å². The van der Waals surface area contributed by atoms with Crippen LogP contribution in [0.1, 0.15) is 18.4 Å². The number of rotatable bonds is 4. The molecule has 1 aromatic carbocycles. The van der Waals surface area contributed by atoms with Crippen LogP contribution in [0.3, 0.4) is 0 Å². The zero-order chi connectivity index (χ0) is 13.2. The Labute approximate surface area is 112 Å². The maximum absolute atomic E-state index is 11.9. The van der Waals surface area contributed by atoms with Crippen LogP contribution in [-0.4, -0.2) is 22.8 Å². The number of amides is 2. The maximum atomic E-state index is 11.9. The third kappa shape index (κ3) is 2.24. The van der Waals surface area contributed by atoms with Crippen molar-refractivity contribution in [1.29, 1.82) is 0 Å². The molecule has 3 rings (SSSR count). The van der Waals surface area contributed by atoms with Crippen molar-refractivity contribution in [2.45, 2.75) is 25.3 Å². The Balaban J connectivity index is 1.86. The molecule has 2 amide bonds. The second kappa shape index (κ2) is 4.84. The zero-order valence-corrected chi connectivity index (χ0v) is 10.6. The summed E-state index contributed by atoms with van der Waals surface area (Å²) in [6.07, 6.45) is 7.58. The summed E-state index contributed by atoms with van der Waals surface area (Å²) in [6.45, 7) is 0. The molecular weight excluding hydrogens is 238 g/mol. The number of nitrogens with zero attached hydrogens (tertiary/aromatic N) is 1. The zero-order valence-electron chi connectivity index (χ0n) is 10.6. The first kappa shape index (κ1) is 11.9. The Morgan fingerprint density at radius 3 is 2.21 bits per heavy atom. The molecule has 3 heteroatoms. The van der Waals surface area contributed by atoms with Gasteiger partial charge in [0.25, 0.3) is 11.8 Å². The standard InChI is InChI=1S/C16H15NO2/c18-15-9-10-16(19)17(15)14(13-7-4-8-13)11-12-5-2-1-3-6-12/h1-3,5-7,9-10,14H,4,8,11H2. The number of benzene rings is 1. The molecule has 2 aliphatic rings. The Morgan fingerprint density at radius 1 is 1.05 bits per heavy atom. The van der Waals surface area contributed by atoms with Gasteiger partial charge in [0, 0.05) is 12.2 Å². The van der Waals surface area contributed by atoms with Gasteiger partial charge in [-0.1, -0.05) is 42.0 Å². The number of carbonyl (C=O) groups is 2. The topological polar surface area (TPSA) is 37.4 Å². The van der Waals surface area contributed by atoms with Gasteiger partial charge in [-0.05, 0) is 24.8 Å². The average Bonchev–Trinajstić information content (AvgIpc) is 2.67. The monoisotopic (exact) mass is 253 g/mol. The molecule has 1 atom stereocenters. The van der Waals surface area contributed by atoms with Crippen molar-refractivity contribution in [3.63, 3.8) is 0 Å². The minimum Gasteiger partial charge on any atom is -0.269 e. The van der Waals surface area contributed by atoms with Gasteiger partial charge in [0.1, 0.15) is 0 Å². The fourth-order valence-electron chi connectivity index (χ4n) is 2.56. The van der Waals surface area contributed by atoms with Crippen LogP contribution in [0.15, 0.2) is 54.1 Å².